The van der Waals surface area contributed by atoms with Gasteiger partial charge in [0.2, 0.25) is 15.7 Å². The summed E-state index contributed by atoms with van der Waals surface area (Å²) in [6.45, 7) is 0.910. The van der Waals surface area contributed by atoms with Gasteiger partial charge in [-0.2, -0.15) is 0 Å². The first kappa shape index (κ1) is 17.4. The molecule has 0 radical (unpaired) electrons. The largest absolute Gasteiger partial charge is 0.383 e. The molecule has 3 aromatic rings. The third-order valence-corrected chi connectivity index (χ3v) is 5.93. The summed E-state index contributed by atoms with van der Waals surface area (Å²) in [6.07, 6.45) is 3.40. The number of nitrogens with zero attached hydrogens (tertiary/aromatic N) is 3. The SMILES string of the molecule is O=S(=O)(c1ccccc1)c1ccc(CN2CN=C(c3cccnc3)O2)cc1. The fourth-order valence-corrected chi connectivity index (χ4v) is 4.03. The van der Waals surface area contributed by atoms with Crippen molar-refractivity contribution in [2.24, 2.45) is 4.99 Å². The first-order valence-corrected chi connectivity index (χ1v) is 9.88. The van der Waals surface area contributed by atoms with Gasteiger partial charge in [-0.05, 0) is 42.0 Å². The predicted molar refractivity (Wildman–Crippen MR) is 101 cm³/mol. The van der Waals surface area contributed by atoms with Gasteiger partial charge in [-0.1, -0.05) is 30.3 Å². The number of benzene rings is 2. The van der Waals surface area contributed by atoms with Gasteiger partial charge < -0.3 is 4.84 Å². The third kappa shape index (κ3) is 3.74. The molecule has 6 nitrogen and oxygen atoms in total. The Labute approximate surface area is 157 Å². The number of hydroxylamine groups is 2. The van der Waals surface area contributed by atoms with Gasteiger partial charge in [0, 0.05) is 12.4 Å². The Bertz CT molecular complexity index is 1050. The van der Waals surface area contributed by atoms with Crippen molar-refractivity contribution in [3.8, 4) is 0 Å². The Hall–Kier alpha value is -3.03. The Morgan fingerprint density at radius 2 is 1.67 bits per heavy atom. The molecule has 1 aromatic heterocycles. The van der Waals surface area contributed by atoms with Gasteiger partial charge in [-0.15, -0.1) is 5.06 Å². The van der Waals surface area contributed by atoms with E-state index in [1.165, 1.54) is 0 Å². The normalized spacial score (nSPS) is 14.6. The van der Waals surface area contributed by atoms with E-state index in [0.717, 1.165) is 11.1 Å². The minimum absolute atomic E-state index is 0.270. The minimum Gasteiger partial charge on any atom is -0.383 e. The predicted octanol–water partition coefficient (Wildman–Crippen LogP) is 3.07. The highest BCUT2D eigenvalue weighted by Crippen LogP contribution is 2.22. The molecule has 0 unspecified atom stereocenters. The zero-order valence-electron chi connectivity index (χ0n) is 14.4. The lowest BCUT2D eigenvalue weighted by atomic mass is 10.2. The number of hydrogen-bond acceptors (Lipinski definition) is 6. The first-order chi connectivity index (χ1) is 13.1. The molecule has 0 atom stereocenters. The van der Waals surface area contributed by atoms with Crippen molar-refractivity contribution in [2.45, 2.75) is 16.3 Å². The maximum absolute atomic E-state index is 12.6. The van der Waals surface area contributed by atoms with Crippen LogP contribution in [0.3, 0.4) is 0 Å². The summed E-state index contributed by atoms with van der Waals surface area (Å²) in [6, 6.07) is 19.0. The van der Waals surface area contributed by atoms with Crippen LogP contribution in [0.4, 0.5) is 0 Å². The van der Waals surface area contributed by atoms with E-state index in [-0.39, 0.29) is 9.79 Å². The smallest absolute Gasteiger partial charge is 0.243 e. The van der Waals surface area contributed by atoms with E-state index in [9.17, 15) is 8.42 Å². The van der Waals surface area contributed by atoms with E-state index in [2.05, 4.69) is 9.98 Å². The van der Waals surface area contributed by atoms with E-state index in [0.29, 0.717) is 19.1 Å². The molecule has 27 heavy (non-hydrogen) atoms. The molecular weight excluding hydrogens is 362 g/mol. The van der Waals surface area contributed by atoms with Crippen LogP contribution in [-0.4, -0.2) is 31.0 Å². The van der Waals surface area contributed by atoms with E-state index in [1.54, 1.807) is 72.1 Å². The topological polar surface area (TPSA) is 71.9 Å². The van der Waals surface area contributed by atoms with Gasteiger partial charge in [-0.25, -0.2) is 13.4 Å². The lowest BCUT2D eigenvalue weighted by molar-refractivity contribution is -0.0569. The molecule has 136 valence electrons. The zero-order valence-corrected chi connectivity index (χ0v) is 15.2. The quantitative estimate of drug-likeness (QED) is 0.681. The van der Waals surface area contributed by atoms with Crippen molar-refractivity contribution in [3.05, 3.63) is 90.3 Å². The van der Waals surface area contributed by atoms with Gasteiger partial charge in [0.05, 0.1) is 21.9 Å². The number of sulfone groups is 1. The number of rotatable bonds is 5. The molecule has 0 spiro atoms. The number of aromatic nitrogens is 1. The molecule has 0 aliphatic carbocycles. The summed E-state index contributed by atoms with van der Waals surface area (Å²) < 4.78 is 25.3. The summed E-state index contributed by atoms with van der Waals surface area (Å²) in [5.41, 5.74) is 1.76. The Morgan fingerprint density at radius 1 is 0.926 bits per heavy atom. The fourth-order valence-electron chi connectivity index (χ4n) is 2.75. The monoisotopic (exact) mass is 379 g/mol. The molecule has 0 bridgehead atoms. The maximum Gasteiger partial charge on any atom is 0.243 e. The van der Waals surface area contributed by atoms with Crippen LogP contribution in [-0.2, 0) is 21.2 Å². The molecule has 2 heterocycles. The van der Waals surface area contributed by atoms with Crippen LogP contribution >= 0.6 is 0 Å². The summed E-state index contributed by atoms with van der Waals surface area (Å²) in [4.78, 5) is 14.7. The molecule has 0 N–H and O–H groups in total. The molecule has 2 aromatic carbocycles. The highest BCUT2D eigenvalue weighted by atomic mass is 32.2. The Kier molecular flexibility index (Phi) is 4.70. The second-order valence-corrected chi connectivity index (χ2v) is 7.99. The molecule has 7 heteroatoms. The summed E-state index contributed by atoms with van der Waals surface area (Å²) in [5, 5.41) is 1.71. The minimum atomic E-state index is -3.50. The third-order valence-electron chi connectivity index (χ3n) is 4.14. The van der Waals surface area contributed by atoms with Crippen LogP contribution in [0.1, 0.15) is 11.1 Å². The second-order valence-electron chi connectivity index (χ2n) is 6.04. The second kappa shape index (κ2) is 7.30. The number of pyridine rings is 1. The van der Waals surface area contributed by atoms with E-state index >= 15 is 0 Å². The number of hydrogen-bond donors (Lipinski definition) is 0. The molecular formula is C20H17N3O3S. The summed E-state index contributed by atoms with van der Waals surface area (Å²) >= 11 is 0. The lowest BCUT2D eigenvalue weighted by Crippen LogP contribution is -2.20. The standard InChI is InChI=1S/C20H17N3O3S/c24-27(25,18-6-2-1-3-7-18)19-10-8-16(9-11-19)14-23-15-22-20(26-23)17-5-4-12-21-13-17/h1-13H,14-15H2. The Morgan fingerprint density at radius 3 is 2.37 bits per heavy atom. The van der Waals surface area contributed by atoms with Gasteiger partial charge in [0.15, 0.2) is 0 Å². The molecule has 4 rings (SSSR count). The van der Waals surface area contributed by atoms with E-state index in [4.69, 9.17) is 4.84 Å². The average Bonchev–Trinajstić information content (AvgIpc) is 3.18. The molecule has 1 aliphatic rings. The van der Waals surface area contributed by atoms with E-state index < -0.39 is 9.84 Å². The van der Waals surface area contributed by atoms with Crippen molar-refractivity contribution in [3.63, 3.8) is 0 Å². The molecule has 0 saturated carbocycles. The Balaban J connectivity index is 1.44. The fraction of sp³-hybridized carbons (Fsp3) is 0.100. The van der Waals surface area contributed by atoms with Crippen molar-refractivity contribution < 1.29 is 13.3 Å². The summed E-state index contributed by atoms with van der Waals surface area (Å²) in [5.74, 6) is 0.534. The first-order valence-electron chi connectivity index (χ1n) is 8.40. The van der Waals surface area contributed by atoms with Gasteiger partial charge in [0.1, 0.15) is 6.67 Å². The van der Waals surface area contributed by atoms with Crippen molar-refractivity contribution in [1.82, 2.24) is 10.0 Å². The molecule has 0 amide bonds. The van der Waals surface area contributed by atoms with Crippen LogP contribution in [0.25, 0.3) is 0 Å². The average molecular weight is 379 g/mol. The highest BCUT2D eigenvalue weighted by Gasteiger charge is 2.20. The van der Waals surface area contributed by atoms with Gasteiger partial charge >= 0.3 is 0 Å². The van der Waals surface area contributed by atoms with Gasteiger partial charge in [0.25, 0.3) is 0 Å². The zero-order chi connectivity index (χ0) is 18.7. The van der Waals surface area contributed by atoms with Crippen LogP contribution in [0.5, 0.6) is 0 Å². The molecule has 1 aliphatic heterocycles. The van der Waals surface area contributed by atoms with E-state index in [1.807, 2.05) is 12.1 Å². The van der Waals surface area contributed by atoms with Crippen molar-refractivity contribution in [2.75, 3.05) is 6.67 Å². The van der Waals surface area contributed by atoms with Crippen molar-refractivity contribution in [1.29, 1.82) is 0 Å². The van der Waals surface area contributed by atoms with Gasteiger partial charge in [-0.3, -0.25) is 4.98 Å². The summed E-state index contributed by atoms with van der Waals surface area (Å²) in [7, 11) is -3.50. The molecule has 0 fully saturated rings. The van der Waals surface area contributed by atoms with Crippen molar-refractivity contribution >= 4 is 15.7 Å². The maximum atomic E-state index is 12.6. The van der Waals surface area contributed by atoms with Crippen LogP contribution in [0.2, 0.25) is 0 Å². The number of aliphatic imine (C=N–C) groups is 1. The van der Waals surface area contributed by atoms with Crippen LogP contribution in [0.15, 0.2) is 93.9 Å². The van der Waals surface area contributed by atoms with Crippen LogP contribution < -0.4 is 0 Å². The van der Waals surface area contributed by atoms with Crippen LogP contribution in [0, 0.1) is 0 Å². The highest BCUT2D eigenvalue weighted by molar-refractivity contribution is 7.91. The molecule has 0 saturated heterocycles. The lowest BCUT2D eigenvalue weighted by Gasteiger charge is -2.14.